The summed E-state index contributed by atoms with van der Waals surface area (Å²) in [5.41, 5.74) is 0.735. The molecule has 0 aliphatic heterocycles. The van der Waals surface area contributed by atoms with Crippen LogP contribution in [-0.2, 0) is 6.54 Å². The highest BCUT2D eigenvalue weighted by Crippen LogP contribution is 2.16. The van der Waals surface area contributed by atoms with Gasteiger partial charge in [-0.05, 0) is 17.7 Å². The number of halogens is 3. The zero-order valence-corrected chi connectivity index (χ0v) is 9.12. The SMILES string of the molecule is Oc1ccc(CNc2nc(F)c(F)cc2F)cc1. The Labute approximate surface area is 101 Å². The second kappa shape index (κ2) is 4.95. The molecule has 0 spiro atoms. The molecule has 2 N–H and O–H groups in total. The molecule has 18 heavy (non-hydrogen) atoms. The monoisotopic (exact) mass is 254 g/mol. The minimum Gasteiger partial charge on any atom is -0.508 e. The van der Waals surface area contributed by atoms with Crippen LogP contribution in [0.1, 0.15) is 5.56 Å². The number of phenolic OH excluding ortho intramolecular Hbond substituents is 1. The number of anilines is 1. The van der Waals surface area contributed by atoms with Gasteiger partial charge in [0.25, 0.3) is 5.95 Å². The summed E-state index contributed by atoms with van der Waals surface area (Å²) >= 11 is 0. The molecule has 2 aromatic rings. The fourth-order valence-corrected chi connectivity index (χ4v) is 1.37. The number of benzene rings is 1. The van der Waals surface area contributed by atoms with Crippen molar-refractivity contribution in [3.8, 4) is 5.75 Å². The fourth-order valence-electron chi connectivity index (χ4n) is 1.37. The van der Waals surface area contributed by atoms with Crippen molar-refractivity contribution in [1.82, 2.24) is 4.98 Å². The van der Waals surface area contributed by atoms with Gasteiger partial charge in [0.2, 0.25) is 0 Å². The fraction of sp³-hybridized carbons (Fsp3) is 0.0833. The van der Waals surface area contributed by atoms with Crippen LogP contribution in [-0.4, -0.2) is 10.1 Å². The number of rotatable bonds is 3. The van der Waals surface area contributed by atoms with Crippen LogP contribution < -0.4 is 5.32 Å². The van der Waals surface area contributed by atoms with E-state index in [2.05, 4.69) is 10.3 Å². The van der Waals surface area contributed by atoms with Crippen LogP contribution in [0, 0.1) is 17.6 Å². The number of nitrogens with zero attached hydrogens (tertiary/aromatic N) is 1. The zero-order chi connectivity index (χ0) is 13.1. The Hall–Kier alpha value is -2.24. The number of nitrogens with one attached hydrogen (secondary N) is 1. The van der Waals surface area contributed by atoms with Crippen molar-refractivity contribution in [3.05, 3.63) is 53.5 Å². The molecular weight excluding hydrogens is 245 g/mol. The van der Waals surface area contributed by atoms with Crippen molar-refractivity contribution < 1.29 is 18.3 Å². The molecule has 0 radical (unpaired) electrons. The van der Waals surface area contributed by atoms with E-state index in [0.29, 0.717) is 6.07 Å². The number of phenols is 1. The molecule has 3 nitrogen and oxygen atoms in total. The maximum absolute atomic E-state index is 13.2. The molecule has 0 aliphatic rings. The quantitative estimate of drug-likeness (QED) is 0.828. The highest BCUT2D eigenvalue weighted by molar-refractivity contribution is 5.38. The minimum absolute atomic E-state index is 0.107. The van der Waals surface area contributed by atoms with E-state index < -0.39 is 17.6 Å². The molecule has 0 amide bonds. The second-order valence-corrected chi connectivity index (χ2v) is 3.61. The van der Waals surface area contributed by atoms with Crippen LogP contribution >= 0.6 is 0 Å². The Bertz CT molecular complexity index is 558. The van der Waals surface area contributed by atoms with Gasteiger partial charge in [0.1, 0.15) is 5.75 Å². The molecule has 1 heterocycles. The summed E-state index contributed by atoms with van der Waals surface area (Å²) in [6.45, 7) is 0.176. The topological polar surface area (TPSA) is 45.1 Å². The normalized spacial score (nSPS) is 10.4. The molecule has 0 fully saturated rings. The van der Waals surface area contributed by atoms with E-state index in [1.807, 2.05) is 0 Å². The van der Waals surface area contributed by atoms with E-state index in [1.54, 1.807) is 12.1 Å². The van der Waals surface area contributed by atoms with Crippen molar-refractivity contribution in [1.29, 1.82) is 0 Å². The first-order valence-electron chi connectivity index (χ1n) is 5.09. The highest BCUT2D eigenvalue weighted by atomic mass is 19.2. The van der Waals surface area contributed by atoms with E-state index in [1.165, 1.54) is 12.1 Å². The minimum atomic E-state index is -1.36. The van der Waals surface area contributed by atoms with Gasteiger partial charge in [-0.3, -0.25) is 0 Å². The van der Waals surface area contributed by atoms with Crippen molar-refractivity contribution in [3.63, 3.8) is 0 Å². The molecule has 0 saturated heterocycles. The Kier molecular flexibility index (Phi) is 3.36. The zero-order valence-electron chi connectivity index (χ0n) is 9.12. The molecule has 0 saturated carbocycles. The Balaban J connectivity index is 2.10. The largest absolute Gasteiger partial charge is 0.508 e. The van der Waals surface area contributed by atoms with Gasteiger partial charge in [0.05, 0.1) is 0 Å². The molecule has 0 aliphatic carbocycles. The van der Waals surface area contributed by atoms with Crippen LogP contribution in [0.25, 0.3) is 0 Å². The standard InChI is InChI=1S/C12H9F3N2O/c13-9-5-10(14)12(17-11(9)15)16-6-7-1-3-8(18)4-2-7/h1-5,18H,6H2,(H,16,17). The summed E-state index contributed by atoms with van der Waals surface area (Å²) in [5, 5.41) is 11.6. The molecule has 0 bridgehead atoms. The number of hydrogen-bond acceptors (Lipinski definition) is 3. The lowest BCUT2D eigenvalue weighted by molar-refractivity contribution is 0.466. The maximum atomic E-state index is 13.2. The molecule has 94 valence electrons. The Morgan fingerprint density at radius 3 is 2.39 bits per heavy atom. The van der Waals surface area contributed by atoms with Crippen molar-refractivity contribution in [2.45, 2.75) is 6.54 Å². The molecule has 1 aromatic carbocycles. The van der Waals surface area contributed by atoms with Crippen molar-refractivity contribution in [2.75, 3.05) is 5.32 Å². The van der Waals surface area contributed by atoms with Gasteiger partial charge >= 0.3 is 0 Å². The summed E-state index contributed by atoms with van der Waals surface area (Å²) in [5.74, 6) is -3.90. The van der Waals surface area contributed by atoms with Crippen molar-refractivity contribution >= 4 is 5.82 Å². The van der Waals surface area contributed by atoms with Crippen LogP contribution in [0.3, 0.4) is 0 Å². The van der Waals surface area contributed by atoms with Gasteiger partial charge in [-0.1, -0.05) is 12.1 Å². The second-order valence-electron chi connectivity index (χ2n) is 3.61. The number of aromatic hydroxyl groups is 1. The first-order valence-corrected chi connectivity index (χ1v) is 5.09. The van der Waals surface area contributed by atoms with Gasteiger partial charge < -0.3 is 10.4 Å². The smallest absolute Gasteiger partial charge is 0.251 e. The highest BCUT2D eigenvalue weighted by Gasteiger charge is 2.11. The summed E-state index contributed by atoms with van der Waals surface area (Å²) in [4.78, 5) is 3.13. The average Bonchev–Trinajstić information content (AvgIpc) is 2.34. The lowest BCUT2D eigenvalue weighted by atomic mass is 10.2. The van der Waals surface area contributed by atoms with E-state index in [4.69, 9.17) is 5.11 Å². The van der Waals surface area contributed by atoms with Crippen molar-refractivity contribution in [2.24, 2.45) is 0 Å². The lowest BCUT2D eigenvalue weighted by Crippen LogP contribution is -2.06. The van der Waals surface area contributed by atoms with E-state index in [0.717, 1.165) is 5.56 Å². The first kappa shape index (κ1) is 12.2. The van der Waals surface area contributed by atoms with Crippen LogP contribution in [0.5, 0.6) is 5.75 Å². The number of hydrogen-bond donors (Lipinski definition) is 2. The third-order valence-corrected chi connectivity index (χ3v) is 2.28. The van der Waals surface area contributed by atoms with Gasteiger partial charge in [0.15, 0.2) is 17.5 Å². The molecule has 6 heteroatoms. The van der Waals surface area contributed by atoms with E-state index in [9.17, 15) is 13.2 Å². The predicted octanol–water partition coefficient (Wildman–Crippen LogP) is 2.82. The molecule has 1 aromatic heterocycles. The maximum Gasteiger partial charge on any atom is 0.251 e. The molecular formula is C12H9F3N2O. The lowest BCUT2D eigenvalue weighted by Gasteiger charge is -2.07. The molecule has 0 atom stereocenters. The van der Waals surface area contributed by atoms with Crippen LogP contribution in [0.15, 0.2) is 30.3 Å². The average molecular weight is 254 g/mol. The van der Waals surface area contributed by atoms with Gasteiger partial charge in [-0.15, -0.1) is 0 Å². The summed E-state index contributed by atoms with van der Waals surface area (Å²) in [6.07, 6.45) is 0. The number of aromatic nitrogens is 1. The first-order chi connectivity index (χ1) is 8.56. The molecule has 2 rings (SSSR count). The third-order valence-electron chi connectivity index (χ3n) is 2.28. The van der Waals surface area contributed by atoms with E-state index >= 15 is 0 Å². The molecule has 0 unspecified atom stereocenters. The van der Waals surface area contributed by atoms with Gasteiger partial charge in [-0.2, -0.15) is 9.37 Å². The predicted molar refractivity (Wildman–Crippen MR) is 59.5 cm³/mol. The Morgan fingerprint density at radius 2 is 1.72 bits per heavy atom. The van der Waals surface area contributed by atoms with Crippen LogP contribution in [0.4, 0.5) is 19.0 Å². The Morgan fingerprint density at radius 1 is 1.06 bits per heavy atom. The summed E-state index contributed by atoms with van der Waals surface area (Å²) < 4.78 is 38.7. The summed E-state index contributed by atoms with van der Waals surface area (Å²) in [6, 6.07) is 6.58. The van der Waals surface area contributed by atoms with Gasteiger partial charge in [-0.25, -0.2) is 8.78 Å². The van der Waals surface area contributed by atoms with Gasteiger partial charge in [0, 0.05) is 12.6 Å². The van der Waals surface area contributed by atoms with E-state index in [-0.39, 0.29) is 18.1 Å². The summed E-state index contributed by atoms with van der Waals surface area (Å²) in [7, 11) is 0. The number of pyridine rings is 1. The third kappa shape index (κ3) is 2.71. The van der Waals surface area contributed by atoms with Crippen LogP contribution in [0.2, 0.25) is 0 Å².